The second-order valence-corrected chi connectivity index (χ2v) is 7.12. The number of halogens is 1. The first-order valence-electron chi connectivity index (χ1n) is 8.38. The van der Waals surface area contributed by atoms with Crippen LogP contribution in [0.25, 0.3) is 16.7 Å². The number of carbonyl (C=O) groups is 2. The third-order valence-electron chi connectivity index (χ3n) is 4.34. The first-order valence-corrected chi connectivity index (χ1v) is 9.17. The molecule has 0 saturated heterocycles. The third-order valence-corrected chi connectivity index (χ3v) is 4.83. The molecule has 2 aromatic carbocycles. The van der Waals surface area contributed by atoms with Gasteiger partial charge in [0.15, 0.2) is 5.76 Å². The van der Waals surface area contributed by atoms with E-state index in [1.807, 2.05) is 25.1 Å². The lowest BCUT2D eigenvalue weighted by Gasteiger charge is -2.06. The number of hydrogen-bond acceptors (Lipinski definition) is 4. The molecule has 0 aliphatic heterocycles. The molecular formula is C20H15BrN4O3. The molecule has 2 heterocycles. The summed E-state index contributed by atoms with van der Waals surface area (Å²) in [6.07, 6.45) is 1.64. The molecule has 0 atom stereocenters. The van der Waals surface area contributed by atoms with Crippen LogP contribution < -0.4 is 11.1 Å². The fourth-order valence-electron chi connectivity index (χ4n) is 2.89. The van der Waals surface area contributed by atoms with Crippen molar-refractivity contribution in [3.63, 3.8) is 0 Å². The minimum Gasteiger partial charge on any atom is -0.451 e. The molecule has 0 saturated carbocycles. The third kappa shape index (κ3) is 3.29. The number of nitrogens with zero attached hydrogens (tertiary/aromatic N) is 2. The molecule has 8 heteroatoms. The van der Waals surface area contributed by atoms with E-state index < -0.39 is 5.91 Å². The van der Waals surface area contributed by atoms with Gasteiger partial charge in [0.05, 0.1) is 5.69 Å². The van der Waals surface area contributed by atoms with Gasteiger partial charge in [-0.2, -0.15) is 5.10 Å². The van der Waals surface area contributed by atoms with Crippen LogP contribution in [0, 0.1) is 6.92 Å². The Morgan fingerprint density at radius 2 is 1.89 bits per heavy atom. The Kier molecular flexibility index (Phi) is 4.48. The molecule has 7 nitrogen and oxygen atoms in total. The van der Waals surface area contributed by atoms with Gasteiger partial charge in [-0.15, -0.1) is 0 Å². The number of aryl methyl sites for hydroxylation is 1. The van der Waals surface area contributed by atoms with Crippen molar-refractivity contribution in [2.45, 2.75) is 6.92 Å². The highest BCUT2D eigenvalue weighted by molar-refractivity contribution is 9.10. The molecule has 0 spiro atoms. The Balaban J connectivity index is 1.55. The summed E-state index contributed by atoms with van der Waals surface area (Å²) in [6.45, 7) is 1.85. The summed E-state index contributed by atoms with van der Waals surface area (Å²) in [5, 5.41) is 7.81. The average molecular weight is 439 g/mol. The molecule has 4 rings (SSSR count). The molecule has 0 fully saturated rings. The quantitative estimate of drug-likeness (QED) is 0.501. The smallest absolute Gasteiger partial charge is 0.291 e. The topological polar surface area (TPSA) is 103 Å². The maximum atomic E-state index is 12.6. The highest BCUT2D eigenvalue weighted by atomic mass is 79.9. The van der Waals surface area contributed by atoms with Crippen LogP contribution >= 0.6 is 15.9 Å². The van der Waals surface area contributed by atoms with Gasteiger partial charge in [-0.05, 0) is 55.5 Å². The molecule has 0 unspecified atom stereocenters. The van der Waals surface area contributed by atoms with Gasteiger partial charge < -0.3 is 15.5 Å². The van der Waals surface area contributed by atoms with Gasteiger partial charge >= 0.3 is 0 Å². The molecule has 3 N–H and O–H groups in total. The van der Waals surface area contributed by atoms with E-state index in [9.17, 15) is 9.59 Å². The molecule has 2 aromatic heterocycles. The van der Waals surface area contributed by atoms with Gasteiger partial charge in [-0.1, -0.05) is 15.9 Å². The van der Waals surface area contributed by atoms with Crippen LogP contribution in [0.1, 0.15) is 26.6 Å². The Labute approximate surface area is 168 Å². The first-order chi connectivity index (χ1) is 13.4. The Morgan fingerprint density at radius 1 is 1.14 bits per heavy atom. The van der Waals surface area contributed by atoms with Crippen molar-refractivity contribution in [3.05, 3.63) is 76.2 Å². The van der Waals surface area contributed by atoms with Crippen molar-refractivity contribution in [2.24, 2.45) is 5.73 Å². The second kappa shape index (κ2) is 6.97. The lowest BCUT2D eigenvalue weighted by molar-refractivity contribution is 0.0988. The van der Waals surface area contributed by atoms with Crippen LogP contribution in [0.15, 0.2) is 63.6 Å². The highest BCUT2D eigenvalue weighted by Crippen LogP contribution is 2.28. The number of primary amides is 1. The molecule has 2 amide bonds. The molecule has 0 radical (unpaired) electrons. The number of nitrogens with two attached hydrogens (primary N) is 1. The minimum absolute atomic E-state index is 0.185. The number of rotatable bonds is 4. The van der Waals surface area contributed by atoms with Gasteiger partial charge in [0, 0.05) is 27.3 Å². The van der Waals surface area contributed by atoms with E-state index in [0.29, 0.717) is 11.3 Å². The Bertz CT molecular complexity index is 1210. The summed E-state index contributed by atoms with van der Waals surface area (Å²) in [6, 6.07) is 14.2. The number of aromatic nitrogens is 2. The molecule has 0 aliphatic carbocycles. The number of carbonyl (C=O) groups excluding carboxylic acids is 2. The van der Waals surface area contributed by atoms with Gasteiger partial charge in [-0.25, -0.2) is 4.68 Å². The van der Waals surface area contributed by atoms with Gasteiger partial charge in [0.25, 0.3) is 11.8 Å². The number of fused-ring (bicyclic) bond motifs is 1. The molecule has 0 aliphatic rings. The number of anilines is 1. The summed E-state index contributed by atoms with van der Waals surface area (Å²) in [7, 11) is 0. The maximum Gasteiger partial charge on any atom is 0.291 e. The molecule has 0 bridgehead atoms. The highest BCUT2D eigenvalue weighted by Gasteiger charge is 2.18. The lowest BCUT2D eigenvalue weighted by Crippen LogP contribution is -2.12. The van der Waals surface area contributed by atoms with E-state index in [0.717, 1.165) is 21.1 Å². The van der Waals surface area contributed by atoms with Crippen molar-refractivity contribution in [2.75, 3.05) is 5.32 Å². The second-order valence-electron chi connectivity index (χ2n) is 6.21. The predicted molar refractivity (Wildman–Crippen MR) is 109 cm³/mol. The van der Waals surface area contributed by atoms with Crippen molar-refractivity contribution < 1.29 is 14.0 Å². The van der Waals surface area contributed by atoms with E-state index in [1.54, 1.807) is 36.5 Å². The van der Waals surface area contributed by atoms with Crippen molar-refractivity contribution in [3.8, 4) is 5.69 Å². The van der Waals surface area contributed by atoms with E-state index in [2.05, 4.69) is 26.3 Å². The van der Waals surface area contributed by atoms with E-state index in [-0.39, 0.29) is 17.4 Å². The van der Waals surface area contributed by atoms with E-state index in [1.165, 1.54) is 4.68 Å². The summed E-state index contributed by atoms with van der Waals surface area (Å²) in [5.74, 6) is -0.640. The lowest BCUT2D eigenvalue weighted by atomic mass is 10.1. The van der Waals surface area contributed by atoms with Crippen LogP contribution in [-0.2, 0) is 0 Å². The van der Waals surface area contributed by atoms with Crippen LogP contribution in [-0.4, -0.2) is 21.6 Å². The van der Waals surface area contributed by atoms with Crippen LogP contribution in [0.4, 0.5) is 5.69 Å². The minimum atomic E-state index is -0.587. The van der Waals surface area contributed by atoms with Crippen LogP contribution in [0.5, 0.6) is 0 Å². The van der Waals surface area contributed by atoms with E-state index in [4.69, 9.17) is 10.2 Å². The van der Waals surface area contributed by atoms with Crippen LogP contribution in [0.2, 0.25) is 0 Å². The SMILES string of the molecule is Cc1c(C(=O)Nc2ccc(-n3ccc(C(N)=O)n3)cc2)oc2ccc(Br)cc12. The normalized spacial score (nSPS) is 10.9. The largest absolute Gasteiger partial charge is 0.451 e. The summed E-state index contributed by atoms with van der Waals surface area (Å²) >= 11 is 3.43. The Hall–Kier alpha value is -3.39. The summed E-state index contributed by atoms with van der Waals surface area (Å²) in [5.41, 5.74) is 8.17. The molecule has 28 heavy (non-hydrogen) atoms. The molecule has 4 aromatic rings. The number of hydrogen-bond donors (Lipinski definition) is 2. The monoisotopic (exact) mass is 438 g/mol. The first kappa shape index (κ1) is 18.0. The standard InChI is InChI=1S/C20H15BrN4O3/c1-11-15-10-12(21)2-7-17(15)28-18(11)20(27)23-13-3-5-14(6-4-13)25-9-8-16(24-25)19(22)26/h2-10H,1H3,(H2,22,26)(H,23,27). The fraction of sp³-hybridized carbons (Fsp3) is 0.0500. The fourth-order valence-corrected chi connectivity index (χ4v) is 3.26. The zero-order valence-electron chi connectivity index (χ0n) is 14.8. The maximum absolute atomic E-state index is 12.6. The molecule has 140 valence electrons. The summed E-state index contributed by atoms with van der Waals surface area (Å²) < 4.78 is 8.17. The number of amides is 2. The van der Waals surface area contributed by atoms with Crippen molar-refractivity contribution in [1.82, 2.24) is 9.78 Å². The molecular weight excluding hydrogens is 424 g/mol. The van der Waals surface area contributed by atoms with Crippen molar-refractivity contribution in [1.29, 1.82) is 0 Å². The zero-order chi connectivity index (χ0) is 19.8. The number of furan rings is 1. The number of benzene rings is 2. The summed E-state index contributed by atoms with van der Waals surface area (Å²) in [4.78, 5) is 23.8. The van der Waals surface area contributed by atoms with Crippen molar-refractivity contribution >= 4 is 44.4 Å². The van der Waals surface area contributed by atoms with Gasteiger partial charge in [0.2, 0.25) is 0 Å². The average Bonchev–Trinajstić information content (AvgIpc) is 3.28. The zero-order valence-corrected chi connectivity index (χ0v) is 16.4. The van der Waals surface area contributed by atoms with Gasteiger partial charge in [-0.3, -0.25) is 9.59 Å². The van der Waals surface area contributed by atoms with Crippen LogP contribution in [0.3, 0.4) is 0 Å². The Morgan fingerprint density at radius 3 is 2.57 bits per heavy atom. The predicted octanol–water partition coefficient (Wildman–Crippen LogP) is 4.04. The van der Waals surface area contributed by atoms with Gasteiger partial charge in [0.1, 0.15) is 11.3 Å². The van der Waals surface area contributed by atoms with E-state index >= 15 is 0 Å². The number of nitrogens with one attached hydrogen (secondary N) is 1.